The van der Waals surface area contributed by atoms with E-state index in [9.17, 15) is 28.8 Å². The first-order valence-electron chi connectivity index (χ1n) is 11.9. The number of nitrogens with one attached hydrogen (secondary N) is 4. The van der Waals surface area contributed by atoms with Crippen LogP contribution in [-0.4, -0.2) is 54.0 Å². The summed E-state index contributed by atoms with van der Waals surface area (Å²) < 4.78 is 14.0. The highest BCUT2D eigenvalue weighted by atomic mass is 35.5. The summed E-state index contributed by atoms with van der Waals surface area (Å²) in [7, 11) is 0. The monoisotopic (exact) mass is 523 g/mol. The molecule has 2 aliphatic rings. The first kappa shape index (κ1) is 27.6. The lowest BCUT2D eigenvalue weighted by atomic mass is 9.88. The molecule has 1 aliphatic carbocycles. The van der Waals surface area contributed by atoms with Crippen LogP contribution in [0.25, 0.3) is 6.08 Å². The Bertz CT molecular complexity index is 1020. The van der Waals surface area contributed by atoms with E-state index in [1.807, 2.05) is 5.48 Å². The summed E-state index contributed by atoms with van der Waals surface area (Å²) in [6, 6.07) is 2.29. The van der Waals surface area contributed by atoms with E-state index in [0.717, 1.165) is 25.0 Å². The van der Waals surface area contributed by atoms with Crippen molar-refractivity contribution < 1.29 is 28.8 Å². The molecule has 4 atom stereocenters. The van der Waals surface area contributed by atoms with E-state index in [1.165, 1.54) is 18.2 Å². The van der Waals surface area contributed by atoms with Crippen molar-refractivity contribution in [3.63, 3.8) is 0 Å². The molecule has 36 heavy (non-hydrogen) atoms. The molecule has 3 rings (SSSR count). The largest absolute Gasteiger partial charge is 0.369 e. The summed E-state index contributed by atoms with van der Waals surface area (Å²) in [6.07, 6.45) is 5.33. The number of primary amides is 1. The highest BCUT2D eigenvalue weighted by Gasteiger charge is 2.37. The number of hydrogen-bond donors (Lipinski definition) is 6. The van der Waals surface area contributed by atoms with Gasteiger partial charge < -0.3 is 26.9 Å². The van der Waals surface area contributed by atoms with Gasteiger partial charge in [0.2, 0.25) is 23.6 Å². The Labute approximate surface area is 213 Å². The Balaban J connectivity index is 1.71. The lowest BCUT2D eigenvalue weighted by molar-refractivity contribution is -0.130. The van der Waals surface area contributed by atoms with Crippen LogP contribution in [0.5, 0.6) is 0 Å². The standard InChI is InChI=1S/C24H31ClFN5O5/c25-16-5-3-14(18(26)11-16)4-6-21(32)30-20(9-13-1-2-13)24(35)31-19(17(12-29-36)22(27)33)10-15-7-8-28-23(15)34/h3-6,11,13,15,17,19-20,29,36H,1-2,7-10,12H2,(H2,27,33)(H,28,34)(H,30,32)(H,31,35)/b6-4+/t15-,17?,19?,20-/m0/s1. The second kappa shape index (κ2) is 12.8. The molecule has 12 heteroatoms. The summed E-state index contributed by atoms with van der Waals surface area (Å²) in [5.74, 6) is -3.81. The van der Waals surface area contributed by atoms with Crippen molar-refractivity contribution in [3.8, 4) is 0 Å². The van der Waals surface area contributed by atoms with Crippen LogP contribution in [0.3, 0.4) is 0 Å². The van der Waals surface area contributed by atoms with Crippen LogP contribution in [0.4, 0.5) is 4.39 Å². The fourth-order valence-electron chi connectivity index (χ4n) is 4.26. The van der Waals surface area contributed by atoms with Crippen LogP contribution in [0.15, 0.2) is 24.3 Å². The summed E-state index contributed by atoms with van der Waals surface area (Å²) in [6.45, 7) is 0.272. The number of benzene rings is 1. The zero-order valence-corrected chi connectivity index (χ0v) is 20.4. The molecule has 1 saturated heterocycles. The van der Waals surface area contributed by atoms with E-state index >= 15 is 0 Å². The molecule has 1 saturated carbocycles. The highest BCUT2D eigenvalue weighted by molar-refractivity contribution is 6.30. The molecule has 2 fully saturated rings. The van der Waals surface area contributed by atoms with E-state index in [4.69, 9.17) is 17.3 Å². The Morgan fingerprint density at radius 1 is 1.22 bits per heavy atom. The van der Waals surface area contributed by atoms with Crippen LogP contribution in [0.1, 0.15) is 37.7 Å². The lowest BCUT2D eigenvalue weighted by Gasteiger charge is -2.29. The van der Waals surface area contributed by atoms with E-state index in [2.05, 4.69) is 16.0 Å². The molecule has 10 nitrogen and oxygen atoms in total. The molecule has 2 unspecified atom stereocenters. The first-order valence-corrected chi connectivity index (χ1v) is 12.2. The molecule has 0 aromatic heterocycles. The van der Waals surface area contributed by atoms with Gasteiger partial charge in [0.25, 0.3) is 0 Å². The fraction of sp³-hybridized carbons (Fsp3) is 0.500. The third-order valence-corrected chi connectivity index (χ3v) is 6.70. The van der Waals surface area contributed by atoms with Crippen LogP contribution in [0.2, 0.25) is 5.02 Å². The predicted octanol–water partition coefficient (Wildman–Crippen LogP) is 0.869. The third-order valence-electron chi connectivity index (χ3n) is 6.47. The van der Waals surface area contributed by atoms with Gasteiger partial charge in [-0.05, 0) is 43.4 Å². The fourth-order valence-corrected chi connectivity index (χ4v) is 4.42. The quantitative estimate of drug-likeness (QED) is 0.166. The van der Waals surface area contributed by atoms with Gasteiger partial charge in [-0.15, -0.1) is 0 Å². The molecule has 1 aromatic rings. The third kappa shape index (κ3) is 8.00. The maximum Gasteiger partial charge on any atom is 0.244 e. The average Bonchev–Trinajstić information content (AvgIpc) is 3.55. The molecule has 196 valence electrons. The zero-order chi connectivity index (χ0) is 26.2. The summed E-state index contributed by atoms with van der Waals surface area (Å²) in [5, 5.41) is 17.5. The van der Waals surface area contributed by atoms with Crippen molar-refractivity contribution in [1.82, 2.24) is 21.4 Å². The van der Waals surface area contributed by atoms with E-state index in [1.54, 1.807) is 0 Å². The zero-order valence-electron chi connectivity index (χ0n) is 19.6. The van der Waals surface area contributed by atoms with Crippen molar-refractivity contribution >= 4 is 41.3 Å². The minimum atomic E-state index is -0.989. The maximum absolute atomic E-state index is 14.0. The highest BCUT2D eigenvalue weighted by Crippen LogP contribution is 2.33. The molecule has 7 N–H and O–H groups in total. The minimum absolute atomic E-state index is 0.146. The summed E-state index contributed by atoms with van der Waals surface area (Å²) in [5.41, 5.74) is 7.59. The van der Waals surface area contributed by atoms with Gasteiger partial charge in [0.1, 0.15) is 11.9 Å². The van der Waals surface area contributed by atoms with Crippen molar-refractivity contribution in [2.24, 2.45) is 23.5 Å². The van der Waals surface area contributed by atoms with Crippen molar-refractivity contribution in [2.45, 2.75) is 44.2 Å². The maximum atomic E-state index is 14.0. The van der Waals surface area contributed by atoms with Crippen molar-refractivity contribution in [1.29, 1.82) is 0 Å². The Morgan fingerprint density at radius 2 is 1.97 bits per heavy atom. The van der Waals surface area contributed by atoms with Crippen LogP contribution < -0.4 is 27.2 Å². The Hall–Kier alpha value is -3.02. The first-order chi connectivity index (χ1) is 17.2. The number of rotatable bonds is 13. The smallest absolute Gasteiger partial charge is 0.244 e. The van der Waals surface area contributed by atoms with Crippen LogP contribution >= 0.6 is 11.6 Å². The molecule has 0 radical (unpaired) electrons. The SMILES string of the molecule is NC(=O)C(CNO)C(C[C@@H]1CCNC1=O)NC(=O)[C@H](CC1CC1)NC(=O)/C=C/c1ccc(Cl)cc1F. The normalized spacial score (nSPS) is 20.0. The van der Waals surface area contributed by atoms with Crippen molar-refractivity contribution in [3.05, 3.63) is 40.7 Å². The molecule has 1 aromatic carbocycles. The number of nitrogens with two attached hydrogens (primary N) is 1. The molecule has 1 aliphatic heterocycles. The predicted molar refractivity (Wildman–Crippen MR) is 130 cm³/mol. The van der Waals surface area contributed by atoms with Gasteiger partial charge in [-0.2, -0.15) is 0 Å². The van der Waals surface area contributed by atoms with Gasteiger partial charge in [-0.3, -0.25) is 19.2 Å². The number of carbonyl (C=O) groups excluding carboxylic acids is 4. The second-order valence-electron chi connectivity index (χ2n) is 9.24. The van der Waals surface area contributed by atoms with Crippen molar-refractivity contribution in [2.75, 3.05) is 13.1 Å². The number of amides is 4. The number of hydrogen-bond acceptors (Lipinski definition) is 6. The molecule has 4 amide bonds. The molecular formula is C24H31ClFN5O5. The molecule has 0 spiro atoms. The Morgan fingerprint density at radius 3 is 2.56 bits per heavy atom. The van der Waals surface area contributed by atoms with Gasteiger partial charge in [0.15, 0.2) is 0 Å². The average molecular weight is 524 g/mol. The van der Waals surface area contributed by atoms with Gasteiger partial charge in [-0.25, -0.2) is 9.87 Å². The second-order valence-corrected chi connectivity index (χ2v) is 9.67. The molecular weight excluding hydrogens is 493 g/mol. The van der Waals surface area contributed by atoms with E-state index < -0.39 is 47.5 Å². The van der Waals surface area contributed by atoms with Gasteiger partial charge in [0.05, 0.1) is 5.92 Å². The lowest BCUT2D eigenvalue weighted by Crippen LogP contribution is -2.55. The summed E-state index contributed by atoms with van der Waals surface area (Å²) in [4.78, 5) is 50.0. The van der Waals surface area contributed by atoms with E-state index in [-0.39, 0.29) is 35.4 Å². The number of hydroxylamine groups is 1. The minimum Gasteiger partial charge on any atom is -0.369 e. The van der Waals surface area contributed by atoms with Gasteiger partial charge in [0, 0.05) is 41.7 Å². The van der Waals surface area contributed by atoms with Crippen LogP contribution in [-0.2, 0) is 19.2 Å². The molecule has 0 bridgehead atoms. The topological polar surface area (TPSA) is 163 Å². The molecule has 1 heterocycles. The van der Waals surface area contributed by atoms with E-state index in [0.29, 0.717) is 19.4 Å². The number of carbonyl (C=O) groups is 4. The van der Waals surface area contributed by atoms with Gasteiger partial charge >= 0.3 is 0 Å². The van der Waals surface area contributed by atoms with Gasteiger partial charge in [-0.1, -0.05) is 30.5 Å². The number of halogens is 2. The summed E-state index contributed by atoms with van der Waals surface area (Å²) >= 11 is 5.75. The Kier molecular flexibility index (Phi) is 9.80. The van der Waals surface area contributed by atoms with Crippen LogP contribution in [0, 0.1) is 23.6 Å².